The highest BCUT2D eigenvalue weighted by atomic mass is 16.3. The first-order valence-electron chi connectivity index (χ1n) is 7.64. The number of nitrogens with one attached hydrogen (secondary N) is 3. The smallest absolute Gasteiger partial charge is 0.269 e. The molecule has 8 heteroatoms. The molecule has 0 aliphatic rings. The van der Waals surface area contributed by atoms with Crippen molar-refractivity contribution in [3.63, 3.8) is 0 Å². The van der Waals surface area contributed by atoms with E-state index in [-0.39, 0.29) is 5.91 Å². The number of hydrogen-bond acceptors (Lipinski definition) is 7. The summed E-state index contributed by atoms with van der Waals surface area (Å²) in [6.07, 6.45) is 2.94. The standard InChI is InChI=1S/C17H18N6O2/c1-11-5-2-3-7-13(11)17(24)23-22-16-14(18)15(20-10-21-16)19-9-12-6-4-8-25-12/h2-8,10H,9,18H2,1H3,(H,23,24)(H2,19,20,21,22). The lowest BCUT2D eigenvalue weighted by Crippen LogP contribution is -2.31. The van der Waals surface area contributed by atoms with Gasteiger partial charge in [0.2, 0.25) is 0 Å². The summed E-state index contributed by atoms with van der Waals surface area (Å²) in [5, 5.41) is 3.06. The Hall–Kier alpha value is -3.55. The van der Waals surface area contributed by atoms with Crippen molar-refractivity contribution < 1.29 is 9.21 Å². The lowest BCUT2D eigenvalue weighted by atomic mass is 10.1. The summed E-state index contributed by atoms with van der Waals surface area (Å²) in [6, 6.07) is 10.9. The molecule has 0 spiro atoms. The molecule has 0 unspecified atom stereocenters. The third kappa shape index (κ3) is 3.86. The molecule has 2 aromatic heterocycles. The summed E-state index contributed by atoms with van der Waals surface area (Å²) in [4.78, 5) is 20.4. The highest BCUT2D eigenvalue weighted by Gasteiger charge is 2.11. The Morgan fingerprint density at radius 2 is 1.96 bits per heavy atom. The zero-order valence-corrected chi connectivity index (χ0v) is 13.6. The van der Waals surface area contributed by atoms with E-state index >= 15 is 0 Å². The van der Waals surface area contributed by atoms with E-state index in [0.717, 1.165) is 11.3 Å². The van der Waals surface area contributed by atoms with Gasteiger partial charge in [0, 0.05) is 5.56 Å². The van der Waals surface area contributed by atoms with Crippen LogP contribution in [0.25, 0.3) is 0 Å². The lowest BCUT2D eigenvalue weighted by molar-refractivity contribution is 0.0962. The van der Waals surface area contributed by atoms with Crippen LogP contribution in [0.15, 0.2) is 53.4 Å². The van der Waals surface area contributed by atoms with Crippen molar-refractivity contribution in [2.45, 2.75) is 13.5 Å². The van der Waals surface area contributed by atoms with Crippen LogP contribution < -0.4 is 21.9 Å². The van der Waals surface area contributed by atoms with Gasteiger partial charge in [-0.25, -0.2) is 9.97 Å². The van der Waals surface area contributed by atoms with E-state index in [1.807, 2.05) is 25.1 Å². The molecule has 3 aromatic rings. The van der Waals surface area contributed by atoms with Gasteiger partial charge in [0.05, 0.1) is 12.8 Å². The Bertz CT molecular complexity index is 863. The summed E-state index contributed by atoms with van der Waals surface area (Å²) in [7, 11) is 0. The Kier molecular flexibility index (Phi) is 4.79. The number of aromatic nitrogens is 2. The molecular weight excluding hydrogens is 320 g/mol. The summed E-state index contributed by atoms with van der Waals surface area (Å²) < 4.78 is 5.25. The van der Waals surface area contributed by atoms with Gasteiger partial charge in [-0.3, -0.25) is 15.6 Å². The molecule has 0 radical (unpaired) electrons. The average Bonchev–Trinajstić information content (AvgIpc) is 3.13. The number of benzene rings is 1. The highest BCUT2D eigenvalue weighted by molar-refractivity contribution is 5.96. The maximum Gasteiger partial charge on any atom is 0.269 e. The topological polar surface area (TPSA) is 118 Å². The number of rotatable bonds is 6. The number of furan rings is 1. The van der Waals surface area contributed by atoms with Crippen LogP contribution in [-0.2, 0) is 6.54 Å². The van der Waals surface area contributed by atoms with Crippen LogP contribution in [0.4, 0.5) is 17.3 Å². The molecule has 0 aliphatic carbocycles. The molecule has 3 rings (SSSR count). The number of amides is 1. The fraction of sp³-hybridized carbons (Fsp3) is 0.118. The van der Waals surface area contributed by atoms with Crippen LogP contribution in [0.2, 0.25) is 0 Å². The first-order chi connectivity index (χ1) is 12.1. The fourth-order valence-electron chi connectivity index (χ4n) is 2.23. The van der Waals surface area contributed by atoms with Gasteiger partial charge >= 0.3 is 0 Å². The number of nitrogen functional groups attached to an aromatic ring is 1. The number of nitrogens with two attached hydrogens (primary N) is 1. The second-order valence-corrected chi connectivity index (χ2v) is 5.31. The van der Waals surface area contributed by atoms with Crippen molar-refractivity contribution in [3.05, 3.63) is 65.9 Å². The molecule has 0 saturated carbocycles. The van der Waals surface area contributed by atoms with Crippen LogP contribution in [0.3, 0.4) is 0 Å². The molecule has 1 amide bonds. The summed E-state index contributed by atoms with van der Waals surface area (Å²) in [5.74, 6) is 1.22. The molecule has 0 saturated heterocycles. The molecule has 25 heavy (non-hydrogen) atoms. The van der Waals surface area contributed by atoms with E-state index in [1.165, 1.54) is 6.33 Å². The van der Waals surface area contributed by atoms with Crippen molar-refractivity contribution in [2.75, 3.05) is 16.5 Å². The van der Waals surface area contributed by atoms with Crippen LogP contribution in [0.5, 0.6) is 0 Å². The number of nitrogens with zero attached hydrogens (tertiary/aromatic N) is 2. The molecular formula is C17H18N6O2. The molecule has 8 nitrogen and oxygen atoms in total. The largest absolute Gasteiger partial charge is 0.467 e. The fourth-order valence-corrected chi connectivity index (χ4v) is 2.23. The predicted molar refractivity (Wildman–Crippen MR) is 94.7 cm³/mol. The Morgan fingerprint density at radius 3 is 2.72 bits per heavy atom. The summed E-state index contributed by atoms with van der Waals surface area (Å²) in [6.45, 7) is 2.30. The second kappa shape index (κ2) is 7.35. The van der Waals surface area contributed by atoms with E-state index in [0.29, 0.717) is 29.4 Å². The first-order valence-corrected chi connectivity index (χ1v) is 7.64. The summed E-state index contributed by atoms with van der Waals surface area (Å²) >= 11 is 0. The molecule has 2 heterocycles. The van der Waals surface area contributed by atoms with E-state index < -0.39 is 0 Å². The average molecular weight is 338 g/mol. The van der Waals surface area contributed by atoms with Crippen molar-refractivity contribution in [3.8, 4) is 0 Å². The first kappa shape index (κ1) is 16.3. The maximum atomic E-state index is 12.2. The Morgan fingerprint density at radius 1 is 1.16 bits per heavy atom. The normalized spacial score (nSPS) is 10.3. The van der Waals surface area contributed by atoms with Crippen molar-refractivity contribution in [1.29, 1.82) is 0 Å². The van der Waals surface area contributed by atoms with Gasteiger partial charge in [0.15, 0.2) is 11.6 Å². The minimum Gasteiger partial charge on any atom is -0.467 e. The van der Waals surface area contributed by atoms with Crippen LogP contribution in [0, 0.1) is 6.92 Å². The van der Waals surface area contributed by atoms with E-state index in [9.17, 15) is 4.79 Å². The Labute approximate surface area is 144 Å². The zero-order valence-electron chi connectivity index (χ0n) is 13.6. The third-order valence-corrected chi connectivity index (χ3v) is 3.58. The van der Waals surface area contributed by atoms with E-state index in [2.05, 4.69) is 26.1 Å². The van der Waals surface area contributed by atoms with Gasteiger partial charge < -0.3 is 15.5 Å². The number of aryl methyl sites for hydroxylation is 1. The second-order valence-electron chi connectivity index (χ2n) is 5.31. The van der Waals surface area contributed by atoms with Gasteiger partial charge in [-0.2, -0.15) is 0 Å². The molecule has 0 fully saturated rings. The Balaban J connectivity index is 1.65. The minimum absolute atomic E-state index is 0.277. The van der Waals surface area contributed by atoms with Crippen LogP contribution >= 0.6 is 0 Å². The maximum absolute atomic E-state index is 12.2. The molecule has 0 aliphatic heterocycles. The predicted octanol–water partition coefficient (Wildman–Crippen LogP) is 2.33. The van der Waals surface area contributed by atoms with Crippen molar-refractivity contribution in [1.82, 2.24) is 15.4 Å². The molecule has 5 N–H and O–H groups in total. The molecule has 0 bridgehead atoms. The zero-order chi connectivity index (χ0) is 17.6. The monoisotopic (exact) mass is 338 g/mol. The molecule has 1 aromatic carbocycles. The number of carbonyl (C=O) groups is 1. The number of hydrazine groups is 1. The van der Waals surface area contributed by atoms with Gasteiger partial charge in [0.1, 0.15) is 17.8 Å². The lowest BCUT2D eigenvalue weighted by Gasteiger charge is -2.13. The molecule has 128 valence electrons. The summed E-state index contributed by atoms with van der Waals surface area (Å²) in [5.41, 5.74) is 13.1. The number of carbonyl (C=O) groups excluding carboxylic acids is 1. The van der Waals surface area contributed by atoms with E-state index in [1.54, 1.807) is 24.5 Å². The SMILES string of the molecule is Cc1ccccc1C(=O)NNc1ncnc(NCc2ccco2)c1N. The van der Waals surface area contributed by atoms with Gasteiger partial charge in [-0.15, -0.1) is 0 Å². The third-order valence-electron chi connectivity index (χ3n) is 3.58. The quantitative estimate of drug-likeness (QED) is 0.509. The van der Waals surface area contributed by atoms with Crippen LogP contribution in [-0.4, -0.2) is 15.9 Å². The van der Waals surface area contributed by atoms with Crippen molar-refractivity contribution in [2.24, 2.45) is 0 Å². The van der Waals surface area contributed by atoms with Crippen LogP contribution in [0.1, 0.15) is 21.7 Å². The number of anilines is 3. The van der Waals surface area contributed by atoms with E-state index in [4.69, 9.17) is 10.2 Å². The van der Waals surface area contributed by atoms with Crippen molar-refractivity contribution >= 4 is 23.2 Å². The van der Waals surface area contributed by atoms with Gasteiger partial charge in [-0.05, 0) is 30.7 Å². The number of hydrogen-bond donors (Lipinski definition) is 4. The highest BCUT2D eigenvalue weighted by Crippen LogP contribution is 2.22. The van der Waals surface area contributed by atoms with Gasteiger partial charge in [-0.1, -0.05) is 18.2 Å². The minimum atomic E-state index is -0.277. The molecule has 0 atom stereocenters. The van der Waals surface area contributed by atoms with Gasteiger partial charge in [0.25, 0.3) is 5.91 Å².